The highest BCUT2D eigenvalue weighted by Crippen LogP contribution is 2.15. The first-order valence-corrected chi connectivity index (χ1v) is 4.97. The number of aryl methyl sites for hydroxylation is 1. The zero-order valence-corrected chi connectivity index (χ0v) is 9.25. The van der Waals surface area contributed by atoms with Gasteiger partial charge in [-0.2, -0.15) is 0 Å². The number of hydrogen-bond donors (Lipinski definition) is 0. The number of benzene rings is 1. The van der Waals surface area contributed by atoms with Crippen LogP contribution >= 0.6 is 0 Å². The van der Waals surface area contributed by atoms with Crippen molar-refractivity contribution in [3.05, 3.63) is 40.7 Å². The van der Waals surface area contributed by atoms with Gasteiger partial charge in [0.2, 0.25) is 0 Å². The van der Waals surface area contributed by atoms with Crippen molar-refractivity contribution in [3.8, 4) is 0 Å². The molecule has 0 radical (unpaired) electrons. The Balaban J connectivity index is 3.07. The van der Waals surface area contributed by atoms with Crippen LogP contribution in [-0.4, -0.2) is 6.29 Å². The fraction of sp³-hybridized carbons (Fsp3) is 0.308. The van der Waals surface area contributed by atoms with Gasteiger partial charge in [-0.05, 0) is 47.8 Å². The van der Waals surface area contributed by atoms with Crippen LogP contribution in [0.2, 0.25) is 0 Å². The number of aldehydes is 1. The van der Waals surface area contributed by atoms with Crippen molar-refractivity contribution in [1.82, 2.24) is 0 Å². The standard InChI is InChI=1S/C13H15FO/c1-9(2)12(8-15)7-11-4-5-13(14)10(3)6-11/h4-9H,1-3H3. The van der Waals surface area contributed by atoms with E-state index in [2.05, 4.69) is 0 Å². The van der Waals surface area contributed by atoms with Gasteiger partial charge in [0.15, 0.2) is 0 Å². The van der Waals surface area contributed by atoms with Gasteiger partial charge in [0.05, 0.1) is 0 Å². The summed E-state index contributed by atoms with van der Waals surface area (Å²) < 4.78 is 13.0. The Morgan fingerprint density at radius 1 is 1.40 bits per heavy atom. The van der Waals surface area contributed by atoms with E-state index in [9.17, 15) is 9.18 Å². The minimum absolute atomic E-state index is 0.188. The van der Waals surface area contributed by atoms with E-state index in [1.54, 1.807) is 25.1 Å². The first kappa shape index (κ1) is 11.6. The number of rotatable bonds is 3. The van der Waals surface area contributed by atoms with E-state index < -0.39 is 0 Å². The summed E-state index contributed by atoms with van der Waals surface area (Å²) in [6, 6.07) is 4.83. The van der Waals surface area contributed by atoms with E-state index in [0.29, 0.717) is 5.56 Å². The third-order valence-corrected chi connectivity index (χ3v) is 2.32. The smallest absolute Gasteiger partial charge is 0.146 e. The molecule has 0 heterocycles. The van der Waals surface area contributed by atoms with Gasteiger partial charge < -0.3 is 0 Å². The molecule has 0 aliphatic carbocycles. The van der Waals surface area contributed by atoms with Gasteiger partial charge in [0.1, 0.15) is 12.1 Å². The van der Waals surface area contributed by atoms with Crippen molar-refractivity contribution in [2.75, 3.05) is 0 Å². The van der Waals surface area contributed by atoms with Crippen molar-refractivity contribution in [2.45, 2.75) is 20.8 Å². The minimum Gasteiger partial charge on any atom is -0.298 e. The van der Waals surface area contributed by atoms with Crippen LogP contribution in [0.4, 0.5) is 4.39 Å². The van der Waals surface area contributed by atoms with E-state index in [1.165, 1.54) is 6.07 Å². The number of hydrogen-bond acceptors (Lipinski definition) is 1. The summed E-state index contributed by atoms with van der Waals surface area (Å²) in [7, 11) is 0. The van der Waals surface area contributed by atoms with Crippen LogP contribution in [0.5, 0.6) is 0 Å². The monoisotopic (exact) mass is 206 g/mol. The van der Waals surface area contributed by atoms with Gasteiger partial charge >= 0.3 is 0 Å². The molecule has 1 nitrogen and oxygen atoms in total. The molecule has 0 spiro atoms. The molecule has 0 atom stereocenters. The van der Waals surface area contributed by atoms with Crippen LogP contribution in [0, 0.1) is 18.7 Å². The normalized spacial score (nSPS) is 11.9. The largest absolute Gasteiger partial charge is 0.298 e. The highest BCUT2D eigenvalue weighted by Gasteiger charge is 2.02. The van der Waals surface area contributed by atoms with Crippen molar-refractivity contribution in [3.63, 3.8) is 0 Å². The molecular formula is C13H15FO. The lowest BCUT2D eigenvalue weighted by atomic mass is 10.0. The fourth-order valence-corrected chi connectivity index (χ4v) is 1.29. The maximum absolute atomic E-state index is 13.0. The SMILES string of the molecule is Cc1cc(C=C(C=O)C(C)C)ccc1F. The molecule has 0 fully saturated rings. The molecular weight excluding hydrogens is 191 g/mol. The zero-order valence-electron chi connectivity index (χ0n) is 9.25. The minimum atomic E-state index is -0.218. The third kappa shape index (κ3) is 3.01. The molecule has 15 heavy (non-hydrogen) atoms. The Hall–Kier alpha value is -1.44. The molecule has 80 valence electrons. The highest BCUT2D eigenvalue weighted by atomic mass is 19.1. The fourth-order valence-electron chi connectivity index (χ4n) is 1.29. The average molecular weight is 206 g/mol. The first-order chi connectivity index (χ1) is 7.04. The average Bonchev–Trinajstić information content (AvgIpc) is 2.19. The Labute approximate surface area is 89.6 Å². The van der Waals surface area contributed by atoms with E-state index in [1.807, 2.05) is 13.8 Å². The maximum atomic E-state index is 13.0. The summed E-state index contributed by atoms with van der Waals surface area (Å²) in [5, 5.41) is 0. The highest BCUT2D eigenvalue weighted by molar-refractivity contribution is 5.82. The van der Waals surface area contributed by atoms with Gasteiger partial charge in [-0.1, -0.05) is 19.9 Å². The summed E-state index contributed by atoms with van der Waals surface area (Å²) in [4.78, 5) is 10.8. The summed E-state index contributed by atoms with van der Waals surface area (Å²) in [5.74, 6) is -0.0304. The van der Waals surface area contributed by atoms with E-state index >= 15 is 0 Å². The quantitative estimate of drug-likeness (QED) is 0.547. The Morgan fingerprint density at radius 2 is 2.07 bits per heavy atom. The molecule has 0 aliphatic heterocycles. The van der Waals surface area contributed by atoms with Crippen LogP contribution in [-0.2, 0) is 4.79 Å². The predicted octanol–water partition coefficient (Wildman–Crippen LogP) is 3.37. The number of allylic oxidation sites excluding steroid dienone is 1. The summed E-state index contributed by atoms with van der Waals surface area (Å²) in [6.45, 7) is 5.62. The molecule has 0 bridgehead atoms. The van der Waals surface area contributed by atoms with Crippen LogP contribution in [0.3, 0.4) is 0 Å². The lowest BCUT2D eigenvalue weighted by Crippen LogP contribution is -1.95. The summed E-state index contributed by atoms with van der Waals surface area (Å²) >= 11 is 0. The van der Waals surface area contributed by atoms with Crippen molar-refractivity contribution < 1.29 is 9.18 Å². The lowest BCUT2D eigenvalue weighted by molar-refractivity contribution is -0.105. The van der Waals surface area contributed by atoms with E-state index in [4.69, 9.17) is 0 Å². The van der Waals surface area contributed by atoms with Crippen molar-refractivity contribution in [1.29, 1.82) is 0 Å². The Kier molecular flexibility index (Phi) is 3.78. The molecule has 2 heteroatoms. The second kappa shape index (κ2) is 4.87. The molecule has 1 aromatic carbocycles. The Bertz CT molecular complexity index is 392. The van der Waals surface area contributed by atoms with Gasteiger partial charge in [-0.25, -0.2) is 4.39 Å². The Morgan fingerprint density at radius 3 is 2.53 bits per heavy atom. The lowest BCUT2D eigenvalue weighted by Gasteiger charge is -2.04. The van der Waals surface area contributed by atoms with Gasteiger partial charge in [0, 0.05) is 0 Å². The summed E-state index contributed by atoms with van der Waals surface area (Å²) in [6.07, 6.45) is 2.65. The molecule has 0 amide bonds. The van der Waals surface area contributed by atoms with Gasteiger partial charge in [-0.3, -0.25) is 4.79 Å². The van der Waals surface area contributed by atoms with Gasteiger partial charge in [0.25, 0.3) is 0 Å². The zero-order chi connectivity index (χ0) is 11.4. The maximum Gasteiger partial charge on any atom is 0.146 e. The van der Waals surface area contributed by atoms with Crippen LogP contribution in [0.25, 0.3) is 6.08 Å². The van der Waals surface area contributed by atoms with Crippen molar-refractivity contribution >= 4 is 12.4 Å². The number of halogens is 1. The molecule has 0 aliphatic rings. The molecule has 1 rings (SSSR count). The second-order valence-electron chi connectivity index (χ2n) is 3.93. The molecule has 0 unspecified atom stereocenters. The van der Waals surface area contributed by atoms with Crippen LogP contribution in [0.15, 0.2) is 23.8 Å². The second-order valence-corrected chi connectivity index (χ2v) is 3.93. The molecule has 0 N–H and O–H groups in total. The predicted molar refractivity (Wildman–Crippen MR) is 60.0 cm³/mol. The third-order valence-electron chi connectivity index (χ3n) is 2.32. The molecule has 1 aromatic rings. The summed E-state index contributed by atoms with van der Waals surface area (Å²) in [5.41, 5.74) is 2.18. The van der Waals surface area contributed by atoms with Crippen molar-refractivity contribution in [2.24, 2.45) is 5.92 Å². The first-order valence-electron chi connectivity index (χ1n) is 4.97. The molecule has 0 saturated carbocycles. The van der Waals surface area contributed by atoms with E-state index in [0.717, 1.165) is 17.4 Å². The van der Waals surface area contributed by atoms with E-state index in [-0.39, 0.29) is 11.7 Å². The van der Waals surface area contributed by atoms with Crippen LogP contribution < -0.4 is 0 Å². The number of carbonyl (C=O) groups is 1. The molecule has 0 aromatic heterocycles. The van der Waals surface area contributed by atoms with Gasteiger partial charge in [-0.15, -0.1) is 0 Å². The molecule has 0 saturated heterocycles. The van der Waals surface area contributed by atoms with Crippen LogP contribution in [0.1, 0.15) is 25.0 Å². The number of carbonyl (C=O) groups excluding carboxylic acids is 1. The topological polar surface area (TPSA) is 17.1 Å².